The second kappa shape index (κ2) is 9.93. The average molecular weight is 425 g/mol. The molecule has 0 saturated heterocycles. The summed E-state index contributed by atoms with van der Waals surface area (Å²) >= 11 is 0. The summed E-state index contributed by atoms with van der Waals surface area (Å²) < 4.78 is 33.1. The molecule has 1 amide bonds. The van der Waals surface area contributed by atoms with Crippen LogP contribution in [0, 0.1) is 0 Å². The molecule has 1 N–H and O–H groups in total. The van der Waals surface area contributed by atoms with E-state index in [1.54, 1.807) is 43.3 Å². The molecule has 0 fully saturated rings. The molecule has 0 aliphatic rings. The van der Waals surface area contributed by atoms with E-state index in [1.165, 1.54) is 16.4 Å². The van der Waals surface area contributed by atoms with Gasteiger partial charge in [-0.15, -0.1) is 0 Å². The predicted octanol–water partition coefficient (Wildman–Crippen LogP) is 3.71. The van der Waals surface area contributed by atoms with E-state index in [9.17, 15) is 13.2 Å². The number of hydrogen-bond acceptors (Lipinski definition) is 4. The van der Waals surface area contributed by atoms with Crippen LogP contribution in [0.5, 0.6) is 5.75 Å². The molecule has 3 rings (SSSR count). The first-order valence-corrected chi connectivity index (χ1v) is 11.1. The van der Waals surface area contributed by atoms with Crippen molar-refractivity contribution in [3.8, 4) is 5.75 Å². The molecule has 0 heterocycles. The van der Waals surface area contributed by atoms with E-state index in [0.717, 1.165) is 5.75 Å². The van der Waals surface area contributed by atoms with Crippen LogP contribution >= 0.6 is 0 Å². The van der Waals surface area contributed by atoms with Gasteiger partial charge in [0.1, 0.15) is 12.4 Å². The van der Waals surface area contributed by atoms with E-state index in [2.05, 4.69) is 5.32 Å². The van der Waals surface area contributed by atoms with E-state index in [0.29, 0.717) is 18.8 Å². The molecule has 0 aromatic heterocycles. The van der Waals surface area contributed by atoms with Gasteiger partial charge in [0.15, 0.2) is 0 Å². The predicted molar refractivity (Wildman–Crippen MR) is 117 cm³/mol. The Morgan fingerprint density at radius 2 is 1.60 bits per heavy atom. The summed E-state index contributed by atoms with van der Waals surface area (Å²) in [6, 6.07) is 24.2. The lowest BCUT2D eigenvalue weighted by molar-refractivity contribution is 0.0947. The van der Waals surface area contributed by atoms with E-state index < -0.39 is 10.0 Å². The van der Waals surface area contributed by atoms with Gasteiger partial charge in [-0.25, -0.2) is 8.42 Å². The zero-order valence-electron chi connectivity index (χ0n) is 16.7. The highest BCUT2D eigenvalue weighted by molar-refractivity contribution is 7.92. The molecule has 0 aliphatic carbocycles. The summed E-state index contributed by atoms with van der Waals surface area (Å²) in [5.41, 5.74) is 0.854. The molecule has 30 heavy (non-hydrogen) atoms. The fourth-order valence-electron chi connectivity index (χ4n) is 2.96. The molecule has 6 nitrogen and oxygen atoms in total. The van der Waals surface area contributed by atoms with Crippen LogP contribution in [-0.2, 0) is 10.0 Å². The molecule has 156 valence electrons. The number of benzene rings is 3. The Kier molecular flexibility index (Phi) is 7.08. The number of nitrogens with one attached hydrogen (secondary N) is 1. The van der Waals surface area contributed by atoms with Crippen molar-refractivity contribution >= 4 is 21.6 Å². The number of rotatable bonds is 9. The summed E-state index contributed by atoms with van der Waals surface area (Å²) in [6.45, 7) is 2.66. The summed E-state index contributed by atoms with van der Waals surface area (Å²) in [5, 5.41) is 2.75. The van der Waals surface area contributed by atoms with Gasteiger partial charge in [0.05, 0.1) is 17.1 Å². The molecule has 0 saturated carbocycles. The lowest BCUT2D eigenvalue weighted by Gasteiger charge is -2.23. The van der Waals surface area contributed by atoms with Crippen molar-refractivity contribution in [3.05, 3.63) is 90.5 Å². The maximum atomic E-state index is 13.1. The average Bonchev–Trinajstić information content (AvgIpc) is 2.78. The topological polar surface area (TPSA) is 75.7 Å². The van der Waals surface area contributed by atoms with Crippen molar-refractivity contribution in [2.75, 3.05) is 24.0 Å². The normalized spacial score (nSPS) is 11.0. The number of carbonyl (C=O) groups is 1. The van der Waals surface area contributed by atoms with Crippen molar-refractivity contribution in [3.63, 3.8) is 0 Å². The van der Waals surface area contributed by atoms with Gasteiger partial charge in [-0.05, 0) is 49.4 Å². The second-order valence-electron chi connectivity index (χ2n) is 6.45. The fourth-order valence-corrected chi connectivity index (χ4v) is 4.48. The Morgan fingerprint density at radius 1 is 0.933 bits per heavy atom. The van der Waals surface area contributed by atoms with E-state index in [1.807, 2.05) is 36.4 Å². The van der Waals surface area contributed by atoms with Gasteiger partial charge in [0.2, 0.25) is 0 Å². The quantitative estimate of drug-likeness (QED) is 0.532. The first-order chi connectivity index (χ1) is 14.5. The SMILES string of the molecule is CCN(c1ccccc1)S(=O)(=O)c1cccc(C(=O)NCCOc2ccccc2)c1. The van der Waals surface area contributed by atoms with E-state index >= 15 is 0 Å². The minimum Gasteiger partial charge on any atom is -0.492 e. The minimum absolute atomic E-state index is 0.0707. The van der Waals surface area contributed by atoms with Gasteiger partial charge >= 0.3 is 0 Å². The fraction of sp³-hybridized carbons (Fsp3) is 0.174. The monoisotopic (exact) mass is 424 g/mol. The second-order valence-corrected chi connectivity index (χ2v) is 8.31. The van der Waals surface area contributed by atoms with Gasteiger partial charge in [-0.1, -0.05) is 42.5 Å². The van der Waals surface area contributed by atoms with Gasteiger partial charge in [0.25, 0.3) is 15.9 Å². The van der Waals surface area contributed by atoms with Crippen LogP contribution in [0.2, 0.25) is 0 Å². The van der Waals surface area contributed by atoms with Crippen LogP contribution in [0.25, 0.3) is 0 Å². The summed E-state index contributed by atoms with van der Waals surface area (Å²) in [4.78, 5) is 12.5. The standard InChI is InChI=1S/C23H24N2O4S/c1-2-25(20-11-5-3-6-12-20)30(27,28)22-15-9-10-19(18-22)23(26)24-16-17-29-21-13-7-4-8-14-21/h3-15,18H,2,16-17H2,1H3,(H,24,26). The van der Waals surface area contributed by atoms with Crippen molar-refractivity contribution in [1.29, 1.82) is 0 Å². The number of sulfonamides is 1. The Morgan fingerprint density at radius 3 is 2.27 bits per heavy atom. The number of para-hydroxylation sites is 2. The van der Waals surface area contributed by atoms with Crippen LogP contribution in [0.4, 0.5) is 5.69 Å². The van der Waals surface area contributed by atoms with Gasteiger partial charge < -0.3 is 10.1 Å². The lowest BCUT2D eigenvalue weighted by Crippen LogP contribution is -2.31. The lowest BCUT2D eigenvalue weighted by atomic mass is 10.2. The third-order valence-electron chi connectivity index (χ3n) is 4.42. The van der Waals surface area contributed by atoms with Crippen LogP contribution in [0.1, 0.15) is 17.3 Å². The zero-order valence-corrected chi connectivity index (χ0v) is 17.5. The molecule has 0 atom stereocenters. The summed E-state index contributed by atoms with van der Waals surface area (Å²) in [7, 11) is -3.79. The molecule has 0 radical (unpaired) electrons. The van der Waals surface area contributed by atoms with Crippen molar-refractivity contribution in [2.45, 2.75) is 11.8 Å². The van der Waals surface area contributed by atoms with Crippen LogP contribution in [-0.4, -0.2) is 34.0 Å². The van der Waals surface area contributed by atoms with E-state index in [-0.39, 0.29) is 22.9 Å². The Labute approximate surface area is 177 Å². The van der Waals surface area contributed by atoms with E-state index in [4.69, 9.17) is 4.74 Å². The molecular weight excluding hydrogens is 400 g/mol. The highest BCUT2D eigenvalue weighted by Gasteiger charge is 2.24. The zero-order chi connectivity index (χ0) is 21.4. The smallest absolute Gasteiger partial charge is 0.264 e. The largest absolute Gasteiger partial charge is 0.492 e. The van der Waals surface area contributed by atoms with Gasteiger partial charge in [-0.3, -0.25) is 9.10 Å². The Bertz CT molecular complexity index is 1070. The van der Waals surface area contributed by atoms with Crippen LogP contribution < -0.4 is 14.4 Å². The minimum atomic E-state index is -3.79. The molecular formula is C23H24N2O4S. The van der Waals surface area contributed by atoms with Crippen LogP contribution in [0.15, 0.2) is 89.8 Å². The number of ether oxygens (including phenoxy) is 1. The number of nitrogens with zero attached hydrogens (tertiary/aromatic N) is 1. The van der Waals surface area contributed by atoms with Crippen molar-refractivity contribution < 1.29 is 17.9 Å². The first-order valence-electron chi connectivity index (χ1n) is 9.66. The third kappa shape index (κ3) is 5.18. The molecule has 0 bridgehead atoms. The molecule has 3 aromatic carbocycles. The molecule has 0 unspecified atom stereocenters. The van der Waals surface area contributed by atoms with Crippen molar-refractivity contribution in [2.24, 2.45) is 0 Å². The highest BCUT2D eigenvalue weighted by Crippen LogP contribution is 2.23. The molecule has 3 aromatic rings. The Hall–Kier alpha value is -3.32. The van der Waals surface area contributed by atoms with Crippen LogP contribution in [0.3, 0.4) is 0 Å². The molecule has 0 aliphatic heterocycles. The van der Waals surface area contributed by atoms with Crippen molar-refractivity contribution in [1.82, 2.24) is 5.32 Å². The van der Waals surface area contributed by atoms with Gasteiger partial charge in [-0.2, -0.15) is 0 Å². The number of hydrogen-bond donors (Lipinski definition) is 1. The maximum Gasteiger partial charge on any atom is 0.264 e. The summed E-state index contributed by atoms with van der Waals surface area (Å²) in [6.07, 6.45) is 0. The first kappa shape index (κ1) is 21.4. The number of amides is 1. The van der Waals surface area contributed by atoms with Gasteiger partial charge in [0, 0.05) is 12.1 Å². The third-order valence-corrected chi connectivity index (χ3v) is 6.31. The number of carbonyl (C=O) groups excluding carboxylic acids is 1. The highest BCUT2D eigenvalue weighted by atomic mass is 32.2. The maximum absolute atomic E-state index is 13.1. The Balaban J connectivity index is 1.68. The summed E-state index contributed by atoms with van der Waals surface area (Å²) in [5.74, 6) is 0.367. The number of anilines is 1. The molecule has 7 heteroatoms. The molecule has 0 spiro atoms.